The van der Waals surface area contributed by atoms with Crippen molar-refractivity contribution in [3.63, 3.8) is 0 Å². The van der Waals surface area contributed by atoms with Crippen LogP contribution < -0.4 is 5.32 Å². The lowest BCUT2D eigenvalue weighted by Gasteiger charge is -2.23. The number of aryl methyl sites for hydroxylation is 1. The number of carboxylic acid groups (broad SMARTS) is 1. The second kappa shape index (κ2) is 7.75. The van der Waals surface area contributed by atoms with Crippen molar-refractivity contribution in [1.82, 2.24) is 4.98 Å². The Balaban J connectivity index is 1.50. The number of carbonyl (C=O) groups excluding carboxylic acids is 1. The summed E-state index contributed by atoms with van der Waals surface area (Å²) in [6, 6.07) is 8.41. The molecule has 2 aromatic rings. The van der Waals surface area contributed by atoms with Crippen molar-refractivity contribution in [2.45, 2.75) is 33.6 Å². The van der Waals surface area contributed by atoms with Gasteiger partial charge >= 0.3 is 5.97 Å². The molecule has 2 bridgehead atoms. The van der Waals surface area contributed by atoms with Gasteiger partial charge < -0.3 is 10.4 Å². The van der Waals surface area contributed by atoms with E-state index in [1.807, 2.05) is 19.1 Å². The molecule has 1 aromatic carbocycles. The Morgan fingerprint density at radius 1 is 1.17 bits per heavy atom. The van der Waals surface area contributed by atoms with Crippen LogP contribution in [0.2, 0.25) is 0 Å². The number of nitrogens with zero attached hydrogens (tertiary/aromatic N) is 1. The van der Waals surface area contributed by atoms with Gasteiger partial charge in [0, 0.05) is 10.4 Å². The minimum Gasteiger partial charge on any atom is -0.481 e. The molecule has 4 atom stereocenters. The highest BCUT2D eigenvalue weighted by Gasteiger charge is 2.51. The molecule has 1 amide bonds. The second-order valence-corrected chi connectivity index (χ2v) is 9.75. The summed E-state index contributed by atoms with van der Waals surface area (Å²) in [4.78, 5) is 30.2. The zero-order valence-corrected chi connectivity index (χ0v) is 17.7. The van der Waals surface area contributed by atoms with Gasteiger partial charge in [-0.1, -0.05) is 50.3 Å². The van der Waals surface area contributed by atoms with Gasteiger partial charge in [0.1, 0.15) is 0 Å². The van der Waals surface area contributed by atoms with Gasteiger partial charge in [0.25, 0.3) is 0 Å². The predicted molar refractivity (Wildman–Crippen MR) is 115 cm³/mol. The van der Waals surface area contributed by atoms with Crippen LogP contribution in [0.25, 0.3) is 11.3 Å². The van der Waals surface area contributed by atoms with E-state index < -0.39 is 17.8 Å². The third-order valence-corrected chi connectivity index (χ3v) is 6.83. The lowest BCUT2D eigenvalue weighted by atomic mass is 9.82. The number of amides is 1. The van der Waals surface area contributed by atoms with Gasteiger partial charge in [0.15, 0.2) is 5.13 Å². The summed E-state index contributed by atoms with van der Waals surface area (Å²) < 4.78 is 0. The number of aliphatic carboxylic acids is 1. The number of nitrogens with one attached hydrogen (secondary N) is 1. The molecule has 5 nitrogen and oxygen atoms in total. The topological polar surface area (TPSA) is 79.3 Å². The van der Waals surface area contributed by atoms with Gasteiger partial charge in [0.05, 0.1) is 17.5 Å². The van der Waals surface area contributed by atoms with Crippen molar-refractivity contribution in [2.24, 2.45) is 29.6 Å². The van der Waals surface area contributed by atoms with Crippen molar-refractivity contribution in [3.05, 3.63) is 46.9 Å². The number of allylic oxidation sites excluding steroid dienone is 2. The van der Waals surface area contributed by atoms with Crippen LogP contribution in [0.1, 0.15) is 30.7 Å². The first-order chi connectivity index (χ1) is 13.8. The Labute approximate surface area is 174 Å². The number of aromatic nitrogens is 1. The Hall–Kier alpha value is -2.47. The Bertz CT molecular complexity index is 961. The lowest BCUT2D eigenvalue weighted by Crippen LogP contribution is -2.36. The van der Waals surface area contributed by atoms with E-state index >= 15 is 0 Å². The summed E-state index contributed by atoms with van der Waals surface area (Å²) in [5.74, 6) is -1.70. The molecule has 6 heteroatoms. The standard InChI is InChI=1S/C23H26N2O3S/c1-12(2)10-14-4-6-15(7-5-14)20-13(3)29-23(24-20)25-21(26)18-16-8-9-17(11-16)19(18)22(27)28/h4-9,12,16-19H,10-11H2,1-3H3,(H,27,28)(H,24,25,26)/t16-,17+,18+,19+/m1/s1. The molecule has 2 N–H and O–H groups in total. The van der Waals surface area contributed by atoms with Crippen LogP contribution in [0.3, 0.4) is 0 Å². The van der Waals surface area contributed by atoms with E-state index in [-0.39, 0.29) is 17.7 Å². The van der Waals surface area contributed by atoms with Gasteiger partial charge in [-0.15, -0.1) is 11.3 Å². The molecule has 0 radical (unpaired) electrons. The fraction of sp³-hybridized carbons (Fsp3) is 0.435. The van der Waals surface area contributed by atoms with Gasteiger partial charge in [-0.2, -0.15) is 0 Å². The highest BCUT2D eigenvalue weighted by molar-refractivity contribution is 7.16. The molecule has 1 fully saturated rings. The first-order valence-electron chi connectivity index (χ1n) is 10.1. The third-order valence-electron chi connectivity index (χ3n) is 5.95. The van der Waals surface area contributed by atoms with Gasteiger partial charge in [-0.25, -0.2) is 4.98 Å². The highest BCUT2D eigenvalue weighted by Crippen LogP contribution is 2.48. The average molecular weight is 411 g/mol. The van der Waals surface area contributed by atoms with E-state index in [4.69, 9.17) is 0 Å². The lowest BCUT2D eigenvalue weighted by molar-refractivity contribution is -0.146. The molecular formula is C23H26N2O3S. The van der Waals surface area contributed by atoms with E-state index in [9.17, 15) is 14.7 Å². The number of hydrogen-bond donors (Lipinski definition) is 2. The summed E-state index contributed by atoms with van der Waals surface area (Å²) in [6.07, 6.45) is 5.73. The molecular weight excluding hydrogens is 384 g/mol. The van der Waals surface area contributed by atoms with Crippen molar-refractivity contribution < 1.29 is 14.7 Å². The molecule has 152 valence electrons. The molecule has 0 aliphatic heterocycles. The van der Waals surface area contributed by atoms with E-state index in [0.29, 0.717) is 11.0 Å². The zero-order valence-electron chi connectivity index (χ0n) is 16.9. The fourth-order valence-electron chi connectivity index (χ4n) is 4.69. The van der Waals surface area contributed by atoms with Crippen LogP contribution in [-0.4, -0.2) is 22.0 Å². The van der Waals surface area contributed by atoms with Gasteiger partial charge in [-0.05, 0) is 43.1 Å². The maximum Gasteiger partial charge on any atom is 0.307 e. The van der Waals surface area contributed by atoms with E-state index in [2.05, 4.69) is 48.4 Å². The zero-order chi connectivity index (χ0) is 20.7. The third kappa shape index (κ3) is 3.86. The predicted octanol–water partition coefficient (Wildman–Crippen LogP) is 4.78. The van der Waals surface area contributed by atoms with E-state index in [1.54, 1.807) is 0 Å². The van der Waals surface area contributed by atoms with Crippen LogP contribution in [-0.2, 0) is 16.0 Å². The SMILES string of the molecule is Cc1sc(NC(=O)[C@@H]2[C@@H](C(=O)O)[C@H]3C=C[C@@H]2C3)nc1-c1ccc(CC(C)C)cc1. The molecule has 29 heavy (non-hydrogen) atoms. The molecule has 0 saturated heterocycles. The quantitative estimate of drug-likeness (QED) is 0.672. The van der Waals surface area contributed by atoms with E-state index in [1.165, 1.54) is 16.9 Å². The van der Waals surface area contributed by atoms with E-state index in [0.717, 1.165) is 29.0 Å². The summed E-state index contributed by atoms with van der Waals surface area (Å²) in [7, 11) is 0. The molecule has 2 aliphatic carbocycles. The first kappa shape index (κ1) is 19.8. The number of rotatable bonds is 6. The Morgan fingerprint density at radius 3 is 2.45 bits per heavy atom. The van der Waals surface area contributed by atoms with Crippen molar-refractivity contribution in [1.29, 1.82) is 0 Å². The molecule has 2 aliphatic rings. The smallest absolute Gasteiger partial charge is 0.307 e. The summed E-state index contributed by atoms with van der Waals surface area (Å²) >= 11 is 1.43. The molecule has 0 unspecified atom stereocenters. The largest absolute Gasteiger partial charge is 0.481 e. The second-order valence-electron chi connectivity index (χ2n) is 8.55. The first-order valence-corrected chi connectivity index (χ1v) is 10.9. The number of carbonyl (C=O) groups is 2. The van der Waals surface area contributed by atoms with Crippen LogP contribution in [0.4, 0.5) is 5.13 Å². The molecule has 1 heterocycles. The van der Waals surface area contributed by atoms with Crippen LogP contribution in [0.5, 0.6) is 0 Å². The maximum atomic E-state index is 12.9. The van der Waals surface area contributed by atoms with Crippen LogP contribution in [0, 0.1) is 36.5 Å². The summed E-state index contributed by atoms with van der Waals surface area (Å²) in [5, 5.41) is 13.0. The highest BCUT2D eigenvalue weighted by atomic mass is 32.1. The molecule has 0 spiro atoms. The number of thiazole rings is 1. The summed E-state index contributed by atoms with van der Waals surface area (Å²) in [5.41, 5.74) is 3.19. The molecule has 1 saturated carbocycles. The monoisotopic (exact) mass is 410 g/mol. The van der Waals surface area contributed by atoms with Crippen molar-refractivity contribution in [3.8, 4) is 11.3 Å². The normalized spacial score (nSPS) is 25.0. The summed E-state index contributed by atoms with van der Waals surface area (Å²) in [6.45, 7) is 6.40. The number of hydrogen-bond acceptors (Lipinski definition) is 4. The molecule has 4 rings (SSSR count). The Morgan fingerprint density at radius 2 is 1.83 bits per heavy atom. The number of anilines is 1. The minimum absolute atomic E-state index is 0.00938. The van der Waals surface area contributed by atoms with Gasteiger partial charge in [0.2, 0.25) is 5.91 Å². The number of benzene rings is 1. The minimum atomic E-state index is -0.889. The van der Waals surface area contributed by atoms with Crippen LogP contribution >= 0.6 is 11.3 Å². The van der Waals surface area contributed by atoms with Crippen LogP contribution in [0.15, 0.2) is 36.4 Å². The fourth-order valence-corrected chi connectivity index (χ4v) is 5.53. The number of carboxylic acids is 1. The average Bonchev–Trinajstić information content (AvgIpc) is 3.36. The Kier molecular flexibility index (Phi) is 5.30. The van der Waals surface area contributed by atoms with Crippen molar-refractivity contribution >= 4 is 28.3 Å². The maximum absolute atomic E-state index is 12.9. The molecule has 1 aromatic heterocycles. The number of fused-ring (bicyclic) bond motifs is 2. The van der Waals surface area contributed by atoms with Gasteiger partial charge in [-0.3, -0.25) is 9.59 Å². The van der Waals surface area contributed by atoms with Crippen molar-refractivity contribution in [2.75, 3.05) is 5.32 Å².